The molecule has 0 saturated heterocycles. The van der Waals surface area contributed by atoms with Gasteiger partial charge in [-0.05, 0) is 26.7 Å². The Bertz CT molecular complexity index is 753. The number of amides is 1. The van der Waals surface area contributed by atoms with Gasteiger partial charge in [0, 0.05) is 12.4 Å². The second-order valence-electron chi connectivity index (χ2n) is 6.86. The van der Waals surface area contributed by atoms with E-state index in [9.17, 15) is 9.90 Å². The zero-order chi connectivity index (χ0) is 18.0. The van der Waals surface area contributed by atoms with Gasteiger partial charge in [0.25, 0.3) is 5.91 Å². The van der Waals surface area contributed by atoms with Crippen LogP contribution in [0.25, 0.3) is 0 Å². The number of hydrogen-bond acceptors (Lipinski definition) is 7. The summed E-state index contributed by atoms with van der Waals surface area (Å²) in [6, 6.07) is -0.141. The lowest BCUT2D eigenvalue weighted by Gasteiger charge is -2.32. The van der Waals surface area contributed by atoms with Crippen molar-refractivity contribution in [1.82, 2.24) is 30.3 Å². The maximum atomic E-state index is 12.5. The molecule has 2 aromatic rings. The third kappa shape index (κ3) is 3.76. The fourth-order valence-electron chi connectivity index (χ4n) is 3.08. The molecular formula is C16H23N7O2. The van der Waals surface area contributed by atoms with Crippen LogP contribution in [0.1, 0.15) is 61.8 Å². The van der Waals surface area contributed by atoms with E-state index in [2.05, 4.69) is 25.6 Å². The first-order valence-electron chi connectivity index (χ1n) is 8.38. The van der Waals surface area contributed by atoms with Crippen molar-refractivity contribution >= 4 is 11.7 Å². The van der Waals surface area contributed by atoms with Gasteiger partial charge in [0.1, 0.15) is 11.3 Å². The van der Waals surface area contributed by atoms with Gasteiger partial charge in [-0.3, -0.25) is 4.79 Å². The minimum absolute atomic E-state index is 0.0285. The molecule has 0 radical (unpaired) electrons. The number of nitrogens with zero attached hydrogens (tertiary/aromatic N) is 5. The third-order valence-electron chi connectivity index (χ3n) is 4.46. The molecular weight excluding hydrogens is 322 g/mol. The highest BCUT2D eigenvalue weighted by molar-refractivity contribution is 5.96. The van der Waals surface area contributed by atoms with Gasteiger partial charge in [0.2, 0.25) is 0 Å². The lowest BCUT2D eigenvalue weighted by molar-refractivity contribution is 0.0735. The van der Waals surface area contributed by atoms with Crippen LogP contribution in [-0.2, 0) is 5.60 Å². The molecule has 0 spiro atoms. The van der Waals surface area contributed by atoms with E-state index in [0.717, 1.165) is 25.7 Å². The topological polar surface area (TPSA) is 132 Å². The fourth-order valence-corrected chi connectivity index (χ4v) is 3.08. The molecule has 0 aromatic carbocycles. The average Bonchev–Trinajstić information content (AvgIpc) is 3.06. The van der Waals surface area contributed by atoms with Crippen molar-refractivity contribution in [2.45, 2.75) is 57.2 Å². The van der Waals surface area contributed by atoms with Crippen LogP contribution in [0, 0.1) is 0 Å². The van der Waals surface area contributed by atoms with Crippen molar-refractivity contribution in [2.24, 2.45) is 0 Å². The Kier molecular flexibility index (Phi) is 4.67. The molecule has 134 valence electrons. The number of nitrogens with one attached hydrogen (secondary N) is 1. The minimum Gasteiger partial charge on any atom is -0.384 e. The maximum absolute atomic E-state index is 12.5. The number of hydrogen-bond donors (Lipinski definition) is 3. The lowest BCUT2D eigenvalue weighted by Crippen LogP contribution is -2.43. The van der Waals surface area contributed by atoms with E-state index >= 15 is 0 Å². The Labute approximate surface area is 145 Å². The van der Waals surface area contributed by atoms with Crippen molar-refractivity contribution in [3.8, 4) is 0 Å². The van der Waals surface area contributed by atoms with Crippen molar-refractivity contribution in [3.05, 3.63) is 30.0 Å². The van der Waals surface area contributed by atoms with Gasteiger partial charge in [0.05, 0.1) is 18.3 Å². The van der Waals surface area contributed by atoms with Gasteiger partial charge in [-0.1, -0.05) is 18.1 Å². The van der Waals surface area contributed by atoms with Gasteiger partial charge in [-0.2, -0.15) is 0 Å². The summed E-state index contributed by atoms with van der Waals surface area (Å²) >= 11 is 0. The molecule has 9 nitrogen and oxygen atoms in total. The maximum Gasteiger partial charge on any atom is 0.274 e. The fraction of sp³-hybridized carbons (Fsp3) is 0.562. The molecule has 9 heteroatoms. The van der Waals surface area contributed by atoms with Crippen LogP contribution in [0.5, 0.6) is 0 Å². The molecule has 2 aromatic heterocycles. The highest BCUT2D eigenvalue weighted by atomic mass is 16.3. The summed E-state index contributed by atoms with van der Waals surface area (Å²) < 4.78 is 1.73. The van der Waals surface area contributed by atoms with E-state index in [4.69, 9.17) is 5.73 Å². The second-order valence-corrected chi connectivity index (χ2v) is 6.86. The van der Waals surface area contributed by atoms with Gasteiger partial charge >= 0.3 is 0 Å². The number of carbonyl (C=O) groups is 1. The molecule has 4 N–H and O–H groups in total. The summed E-state index contributed by atoms with van der Waals surface area (Å²) in [6.45, 7) is 3.33. The second kappa shape index (κ2) is 6.75. The molecule has 1 amide bonds. The Morgan fingerprint density at radius 1 is 1.32 bits per heavy atom. The molecule has 0 bridgehead atoms. The van der Waals surface area contributed by atoms with E-state index in [1.165, 1.54) is 12.4 Å². The smallest absolute Gasteiger partial charge is 0.274 e. The highest BCUT2D eigenvalue weighted by Gasteiger charge is 2.31. The van der Waals surface area contributed by atoms with Crippen molar-refractivity contribution in [2.75, 3.05) is 5.73 Å². The zero-order valence-corrected chi connectivity index (χ0v) is 14.4. The van der Waals surface area contributed by atoms with E-state index in [1.807, 2.05) is 0 Å². The van der Waals surface area contributed by atoms with Gasteiger partial charge in [-0.15, -0.1) is 5.10 Å². The van der Waals surface area contributed by atoms with Crippen LogP contribution >= 0.6 is 0 Å². The molecule has 2 atom stereocenters. The molecule has 1 fully saturated rings. The van der Waals surface area contributed by atoms with E-state index in [0.29, 0.717) is 5.69 Å². The van der Waals surface area contributed by atoms with E-state index in [-0.39, 0.29) is 29.5 Å². The number of rotatable bonds is 4. The molecule has 2 heterocycles. The van der Waals surface area contributed by atoms with Crippen molar-refractivity contribution in [3.63, 3.8) is 0 Å². The summed E-state index contributed by atoms with van der Waals surface area (Å²) in [5, 5.41) is 21.3. The number of aromatic nitrogens is 5. The highest BCUT2D eigenvalue weighted by Crippen LogP contribution is 2.29. The SMILES string of the molecule is CC(C)(O)c1cn([C@@H]2CCCC[C@@H]2NC(=O)c2nccnc2N)nn1. The predicted octanol–water partition coefficient (Wildman–Crippen LogP) is 0.791. The number of carbonyl (C=O) groups excluding carboxylic acids is 1. The van der Waals surface area contributed by atoms with Crippen LogP contribution < -0.4 is 11.1 Å². The predicted molar refractivity (Wildman–Crippen MR) is 90.5 cm³/mol. The molecule has 0 aliphatic heterocycles. The Morgan fingerprint density at radius 3 is 2.72 bits per heavy atom. The summed E-state index contributed by atoms with van der Waals surface area (Å²) in [4.78, 5) is 20.4. The van der Waals surface area contributed by atoms with Crippen LogP contribution in [-0.4, -0.2) is 42.0 Å². The molecule has 1 saturated carbocycles. The first kappa shape index (κ1) is 17.3. The normalized spacial score (nSPS) is 21.1. The number of nitrogens with two attached hydrogens (primary N) is 1. The molecule has 25 heavy (non-hydrogen) atoms. The van der Waals surface area contributed by atoms with Crippen molar-refractivity contribution < 1.29 is 9.90 Å². The van der Waals surface area contributed by atoms with Crippen molar-refractivity contribution in [1.29, 1.82) is 0 Å². The summed E-state index contributed by atoms with van der Waals surface area (Å²) in [6.07, 6.45) is 8.39. The average molecular weight is 345 g/mol. The van der Waals surface area contributed by atoms with E-state index in [1.54, 1.807) is 24.7 Å². The molecule has 1 aliphatic rings. The van der Waals surface area contributed by atoms with Crippen LogP contribution in [0.4, 0.5) is 5.82 Å². The number of anilines is 1. The Morgan fingerprint density at radius 2 is 2.04 bits per heavy atom. The first-order chi connectivity index (χ1) is 11.9. The van der Waals surface area contributed by atoms with Crippen LogP contribution in [0.3, 0.4) is 0 Å². The molecule has 0 unspecified atom stereocenters. The summed E-state index contributed by atoms with van der Waals surface area (Å²) in [5.41, 5.74) is 5.31. The van der Waals surface area contributed by atoms with Crippen LogP contribution in [0.15, 0.2) is 18.6 Å². The molecule has 1 aliphatic carbocycles. The monoisotopic (exact) mass is 345 g/mol. The zero-order valence-electron chi connectivity index (χ0n) is 14.4. The molecule has 3 rings (SSSR count). The van der Waals surface area contributed by atoms with Crippen LogP contribution in [0.2, 0.25) is 0 Å². The van der Waals surface area contributed by atoms with Gasteiger partial charge in [0.15, 0.2) is 11.5 Å². The van der Waals surface area contributed by atoms with Gasteiger partial charge < -0.3 is 16.2 Å². The lowest BCUT2D eigenvalue weighted by atomic mass is 9.90. The third-order valence-corrected chi connectivity index (χ3v) is 4.46. The largest absolute Gasteiger partial charge is 0.384 e. The van der Waals surface area contributed by atoms with E-state index < -0.39 is 5.60 Å². The Hall–Kier alpha value is -2.55. The summed E-state index contributed by atoms with van der Waals surface area (Å²) in [7, 11) is 0. The quantitative estimate of drug-likeness (QED) is 0.746. The van der Waals surface area contributed by atoms with Gasteiger partial charge in [-0.25, -0.2) is 14.6 Å². The minimum atomic E-state index is -1.06. The standard InChI is InChI=1S/C16H23N7O2/c1-16(2,25)12-9-23(22-21-12)11-6-4-3-5-10(11)20-15(24)13-14(17)19-8-7-18-13/h7-11,25H,3-6H2,1-2H3,(H2,17,19)(H,20,24)/t10-,11+/m0/s1. The number of aliphatic hydroxyl groups is 1. The Balaban J connectivity index is 1.78. The summed E-state index contributed by atoms with van der Waals surface area (Å²) in [5.74, 6) is -0.234. The number of nitrogen functional groups attached to an aromatic ring is 1. The first-order valence-corrected chi connectivity index (χ1v) is 8.38.